The summed E-state index contributed by atoms with van der Waals surface area (Å²) >= 11 is 8.01. The van der Waals surface area contributed by atoms with Crippen molar-refractivity contribution in [2.45, 2.75) is 44.5 Å². The standard InChI is InChI=1S/C25H24ClNO3S/c1-16-15-31-25(27-16)9-6-17-2-4-18(5-3-17)10-20-11-19(7-8-23(20)26)24-13-21(29)12-22(14-28)30-24/h2-5,7-8,11,15,21-22,24,28-29H,10,12-14H2,1H3/t21-,22-,24+/m0/s1. The summed E-state index contributed by atoms with van der Waals surface area (Å²) in [6, 6.07) is 14.0. The van der Waals surface area contributed by atoms with Crippen LogP contribution in [0.4, 0.5) is 0 Å². The first kappa shape index (κ1) is 22.0. The molecule has 1 fully saturated rings. The fraction of sp³-hybridized carbons (Fsp3) is 0.320. The summed E-state index contributed by atoms with van der Waals surface area (Å²) in [6.45, 7) is 1.87. The zero-order valence-corrected chi connectivity index (χ0v) is 18.8. The molecule has 1 saturated heterocycles. The van der Waals surface area contributed by atoms with Crippen LogP contribution in [0.15, 0.2) is 47.8 Å². The molecule has 1 aromatic heterocycles. The molecule has 6 heteroatoms. The van der Waals surface area contributed by atoms with Crippen molar-refractivity contribution in [1.82, 2.24) is 4.98 Å². The number of aromatic nitrogens is 1. The zero-order valence-electron chi connectivity index (χ0n) is 17.2. The van der Waals surface area contributed by atoms with Crippen molar-refractivity contribution in [1.29, 1.82) is 0 Å². The summed E-state index contributed by atoms with van der Waals surface area (Å²) in [5.41, 5.74) is 5.03. The van der Waals surface area contributed by atoms with Crippen molar-refractivity contribution in [2.75, 3.05) is 6.61 Å². The number of rotatable bonds is 4. The molecule has 4 nitrogen and oxygen atoms in total. The minimum absolute atomic E-state index is 0.0919. The quantitative estimate of drug-likeness (QED) is 0.563. The Morgan fingerprint density at radius 2 is 1.97 bits per heavy atom. The van der Waals surface area contributed by atoms with Crippen LogP contribution in [0.3, 0.4) is 0 Å². The molecule has 0 unspecified atom stereocenters. The summed E-state index contributed by atoms with van der Waals surface area (Å²) in [7, 11) is 0. The molecule has 31 heavy (non-hydrogen) atoms. The molecule has 3 atom stereocenters. The second kappa shape index (κ2) is 9.95. The third kappa shape index (κ3) is 5.74. The van der Waals surface area contributed by atoms with Crippen LogP contribution in [0, 0.1) is 18.8 Å². The molecule has 4 rings (SSSR count). The Labute approximate surface area is 191 Å². The SMILES string of the molecule is Cc1csc(C#Cc2ccc(Cc3cc([C@H]4C[C@@H](O)C[C@@H](CO)O4)ccc3Cl)cc2)n1. The van der Waals surface area contributed by atoms with Gasteiger partial charge in [-0.05, 0) is 54.2 Å². The van der Waals surface area contributed by atoms with Crippen LogP contribution >= 0.6 is 22.9 Å². The van der Waals surface area contributed by atoms with E-state index in [1.54, 1.807) is 11.3 Å². The number of aliphatic hydroxyl groups is 2. The molecular weight excluding hydrogens is 430 g/mol. The number of hydrogen-bond donors (Lipinski definition) is 2. The maximum atomic E-state index is 10.1. The lowest BCUT2D eigenvalue weighted by Crippen LogP contribution is -2.33. The average Bonchev–Trinajstić information content (AvgIpc) is 3.19. The fourth-order valence-corrected chi connectivity index (χ4v) is 4.54. The summed E-state index contributed by atoms with van der Waals surface area (Å²) in [4.78, 5) is 4.36. The van der Waals surface area contributed by atoms with Crippen molar-refractivity contribution in [2.24, 2.45) is 0 Å². The highest BCUT2D eigenvalue weighted by Crippen LogP contribution is 2.33. The van der Waals surface area contributed by atoms with Gasteiger partial charge in [0.2, 0.25) is 0 Å². The minimum Gasteiger partial charge on any atom is -0.394 e. The van der Waals surface area contributed by atoms with Gasteiger partial charge in [-0.3, -0.25) is 0 Å². The monoisotopic (exact) mass is 453 g/mol. The van der Waals surface area contributed by atoms with E-state index >= 15 is 0 Å². The van der Waals surface area contributed by atoms with Crippen LogP contribution in [0.1, 0.15) is 51.9 Å². The van der Waals surface area contributed by atoms with Crippen LogP contribution in [-0.4, -0.2) is 34.0 Å². The normalized spacial score (nSPS) is 20.8. The van der Waals surface area contributed by atoms with E-state index in [9.17, 15) is 10.2 Å². The Morgan fingerprint density at radius 3 is 2.68 bits per heavy atom. The Bertz CT molecular complexity index is 1100. The number of thiazole rings is 1. The number of hydrogen-bond acceptors (Lipinski definition) is 5. The predicted octanol–water partition coefficient (Wildman–Crippen LogP) is 4.67. The Hall–Kier alpha value is -2.20. The second-order valence-corrected chi connectivity index (χ2v) is 9.09. The number of aryl methyl sites for hydroxylation is 1. The van der Waals surface area contributed by atoms with Crippen LogP contribution in [0.5, 0.6) is 0 Å². The van der Waals surface area contributed by atoms with Crippen molar-refractivity contribution in [3.63, 3.8) is 0 Å². The molecule has 160 valence electrons. The van der Waals surface area contributed by atoms with Gasteiger partial charge in [0.1, 0.15) is 0 Å². The molecule has 2 aromatic carbocycles. The third-order valence-corrected chi connectivity index (χ3v) is 6.55. The van der Waals surface area contributed by atoms with Crippen LogP contribution in [0.25, 0.3) is 0 Å². The van der Waals surface area contributed by atoms with E-state index in [-0.39, 0.29) is 18.8 Å². The van der Waals surface area contributed by atoms with Gasteiger partial charge in [-0.25, -0.2) is 4.98 Å². The van der Waals surface area contributed by atoms with E-state index in [0.29, 0.717) is 24.3 Å². The van der Waals surface area contributed by atoms with Crippen LogP contribution in [-0.2, 0) is 11.2 Å². The number of benzene rings is 2. The average molecular weight is 454 g/mol. The molecule has 1 aliphatic rings. The van der Waals surface area contributed by atoms with Gasteiger partial charge < -0.3 is 14.9 Å². The molecule has 0 spiro atoms. The molecule has 2 N–H and O–H groups in total. The first-order chi connectivity index (χ1) is 15.0. The van der Waals surface area contributed by atoms with E-state index in [1.165, 1.54) is 0 Å². The van der Waals surface area contributed by atoms with Crippen molar-refractivity contribution < 1.29 is 14.9 Å². The summed E-state index contributed by atoms with van der Waals surface area (Å²) in [5.74, 6) is 6.25. The van der Waals surface area contributed by atoms with Gasteiger partial charge in [0, 0.05) is 34.5 Å². The fourth-order valence-electron chi connectivity index (χ4n) is 3.72. The van der Waals surface area contributed by atoms with E-state index in [4.69, 9.17) is 16.3 Å². The van der Waals surface area contributed by atoms with Gasteiger partial charge in [0.15, 0.2) is 5.01 Å². The lowest BCUT2D eigenvalue weighted by atomic mass is 9.94. The predicted molar refractivity (Wildman–Crippen MR) is 123 cm³/mol. The van der Waals surface area contributed by atoms with Gasteiger partial charge in [-0.2, -0.15) is 0 Å². The van der Waals surface area contributed by atoms with Gasteiger partial charge in [0.25, 0.3) is 0 Å². The second-order valence-electron chi connectivity index (χ2n) is 7.82. The number of nitrogens with zero attached hydrogens (tertiary/aromatic N) is 1. The zero-order chi connectivity index (χ0) is 21.8. The van der Waals surface area contributed by atoms with Gasteiger partial charge >= 0.3 is 0 Å². The van der Waals surface area contributed by atoms with Crippen LogP contribution < -0.4 is 0 Å². The molecule has 0 bridgehead atoms. The maximum Gasteiger partial charge on any atom is 0.167 e. The third-order valence-electron chi connectivity index (χ3n) is 5.30. The molecule has 0 radical (unpaired) electrons. The smallest absolute Gasteiger partial charge is 0.167 e. The summed E-state index contributed by atoms with van der Waals surface area (Å²) in [5, 5.41) is 23.1. The topological polar surface area (TPSA) is 62.6 Å². The number of ether oxygens (including phenoxy) is 1. The maximum absolute atomic E-state index is 10.1. The van der Waals surface area contributed by atoms with Gasteiger partial charge in [-0.1, -0.05) is 41.8 Å². The molecule has 0 saturated carbocycles. The lowest BCUT2D eigenvalue weighted by molar-refractivity contribution is -0.113. The largest absolute Gasteiger partial charge is 0.394 e. The first-order valence-electron chi connectivity index (χ1n) is 10.3. The van der Waals surface area contributed by atoms with Crippen molar-refractivity contribution >= 4 is 22.9 Å². The van der Waals surface area contributed by atoms with E-state index < -0.39 is 6.10 Å². The Kier molecular flexibility index (Phi) is 7.06. The number of halogens is 1. The molecule has 0 aliphatic carbocycles. The summed E-state index contributed by atoms with van der Waals surface area (Å²) < 4.78 is 5.95. The minimum atomic E-state index is -0.475. The van der Waals surface area contributed by atoms with Crippen molar-refractivity contribution in [3.8, 4) is 11.8 Å². The van der Waals surface area contributed by atoms with Crippen molar-refractivity contribution in [3.05, 3.63) is 85.8 Å². The molecular formula is C25H24ClNO3S. The van der Waals surface area contributed by atoms with E-state index in [1.807, 2.05) is 42.6 Å². The highest BCUT2D eigenvalue weighted by atomic mass is 35.5. The lowest BCUT2D eigenvalue weighted by Gasteiger charge is -2.32. The van der Waals surface area contributed by atoms with Gasteiger partial charge in [-0.15, -0.1) is 11.3 Å². The highest BCUT2D eigenvalue weighted by Gasteiger charge is 2.29. The number of aliphatic hydroxyl groups excluding tert-OH is 2. The highest BCUT2D eigenvalue weighted by molar-refractivity contribution is 7.10. The first-order valence-corrected chi connectivity index (χ1v) is 11.5. The molecule has 0 amide bonds. The molecule has 3 aromatic rings. The summed E-state index contributed by atoms with van der Waals surface area (Å²) in [6.07, 6.45) is 0.606. The van der Waals surface area contributed by atoms with Gasteiger partial charge in [0.05, 0.1) is 24.9 Å². The molecule has 1 aliphatic heterocycles. The Balaban J connectivity index is 1.48. The molecule has 2 heterocycles. The Morgan fingerprint density at radius 1 is 1.16 bits per heavy atom. The van der Waals surface area contributed by atoms with Crippen LogP contribution in [0.2, 0.25) is 5.02 Å². The van der Waals surface area contributed by atoms with E-state index in [2.05, 4.69) is 29.0 Å². The van der Waals surface area contributed by atoms with E-state index in [0.717, 1.165) is 33.0 Å².